The fraction of sp³-hybridized carbons (Fsp3) is 0.304. The first-order valence-electron chi connectivity index (χ1n) is 9.56. The van der Waals surface area contributed by atoms with Gasteiger partial charge in [0.15, 0.2) is 11.5 Å². The van der Waals surface area contributed by atoms with E-state index in [2.05, 4.69) is 10.6 Å². The Bertz CT molecular complexity index is 963. The maximum absolute atomic E-state index is 12.5. The van der Waals surface area contributed by atoms with E-state index in [0.29, 0.717) is 23.8 Å². The van der Waals surface area contributed by atoms with Crippen molar-refractivity contribution in [3.05, 3.63) is 59.3 Å². The lowest BCUT2D eigenvalue weighted by molar-refractivity contribution is -0.112. The number of amides is 1. The van der Waals surface area contributed by atoms with Gasteiger partial charge in [0.25, 0.3) is 5.91 Å². The molecular formula is C23H27N3O4. The van der Waals surface area contributed by atoms with Crippen LogP contribution >= 0.6 is 0 Å². The van der Waals surface area contributed by atoms with E-state index in [-0.39, 0.29) is 11.6 Å². The third kappa shape index (κ3) is 5.67. The Morgan fingerprint density at radius 3 is 2.47 bits per heavy atom. The number of anilines is 1. The molecule has 2 N–H and O–H groups in total. The first-order chi connectivity index (χ1) is 14.4. The standard InChI is InChI=1S/C23H27N3O4/c1-6-30-20-9-7-15(2)11-19(20)16(3)25-14-17(13-24)23(27)26-18-8-10-21(28-4)22(12-18)29-5/h7-12,14,16,25H,6H2,1-5H3,(H,26,27)/b17-14-. The lowest BCUT2D eigenvalue weighted by Gasteiger charge is -2.18. The highest BCUT2D eigenvalue weighted by Crippen LogP contribution is 2.30. The van der Waals surface area contributed by atoms with E-state index in [9.17, 15) is 10.1 Å². The Morgan fingerprint density at radius 1 is 1.13 bits per heavy atom. The molecule has 7 heteroatoms. The van der Waals surface area contributed by atoms with Gasteiger partial charge in [0, 0.05) is 23.5 Å². The van der Waals surface area contributed by atoms with Gasteiger partial charge in [-0.3, -0.25) is 4.79 Å². The molecule has 0 saturated carbocycles. The molecule has 2 rings (SSSR count). The van der Waals surface area contributed by atoms with Crippen molar-refractivity contribution in [1.29, 1.82) is 5.26 Å². The first-order valence-corrected chi connectivity index (χ1v) is 9.56. The van der Waals surface area contributed by atoms with E-state index >= 15 is 0 Å². The van der Waals surface area contributed by atoms with Crippen LogP contribution in [0.2, 0.25) is 0 Å². The second kappa shape index (κ2) is 10.8. The van der Waals surface area contributed by atoms with Crippen molar-refractivity contribution in [2.45, 2.75) is 26.8 Å². The summed E-state index contributed by atoms with van der Waals surface area (Å²) in [7, 11) is 3.04. The van der Waals surface area contributed by atoms with Gasteiger partial charge in [-0.15, -0.1) is 0 Å². The molecule has 0 aliphatic heterocycles. The number of nitriles is 1. The Kier molecular flexibility index (Phi) is 8.12. The van der Waals surface area contributed by atoms with E-state index in [1.807, 2.05) is 45.0 Å². The molecule has 30 heavy (non-hydrogen) atoms. The molecule has 0 saturated heterocycles. The summed E-state index contributed by atoms with van der Waals surface area (Å²) in [6.45, 7) is 6.41. The zero-order valence-electron chi connectivity index (χ0n) is 17.9. The lowest BCUT2D eigenvalue weighted by Crippen LogP contribution is -2.19. The number of ether oxygens (including phenoxy) is 3. The second-order valence-corrected chi connectivity index (χ2v) is 6.56. The van der Waals surface area contributed by atoms with Crippen molar-refractivity contribution in [3.8, 4) is 23.3 Å². The quantitative estimate of drug-likeness (QED) is 0.478. The van der Waals surface area contributed by atoms with Gasteiger partial charge in [-0.05, 0) is 39.0 Å². The number of hydrogen-bond donors (Lipinski definition) is 2. The fourth-order valence-electron chi connectivity index (χ4n) is 2.85. The minimum atomic E-state index is -0.529. The monoisotopic (exact) mass is 409 g/mol. The topological polar surface area (TPSA) is 92.6 Å². The van der Waals surface area contributed by atoms with Gasteiger partial charge in [0.05, 0.1) is 26.9 Å². The largest absolute Gasteiger partial charge is 0.494 e. The van der Waals surface area contributed by atoms with Gasteiger partial charge in [0.2, 0.25) is 0 Å². The van der Waals surface area contributed by atoms with Crippen molar-refractivity contribution in [3.63, 3.8) is 0 Å². The Balaban J connectivity index is 2.15. The molecule has 7 nitrogen and oxygen atoms in total. The zero-order chi connectivity index (χ0) is 22.1. The molecule has 1 amide bonds. The summed E-state index contributed by atoms with van der Waals surface area (Å²) in [5.74, 6) is 1.27. The average molecular weight is 409 g/mol. The molecule has 0 spiro atoms. The lowest BCUT2D eigenvalue weighted by atomic mass is 10.0. The van der Waals surface area contributed by atoms with Crippen LogP contribution in [-0.4, -0.2) is 26.7 Å². The predicted molar refractivity (Wildman–Crippen MR) is 116 cm³/mol. The number of hydrogen-bond acceptors (Lipinski definition) is 6. The number of rotatable bonds is 9. The smallest absolute Gasteiger partial charge is 0.267 e. The van der Waals surface area contributed by atoms with E-state index in [1.165, 1.54) is 20.4 Å². The van der Waals surface area contributed by atoms with Crippen molar-refractivity contribution in [2.24, 2.45) is 0 Å². The summed E-state index contributed by atoms with van der Waals surface area (Å²) >= 11 is 0. The van der Waals surface area contributed by atoms with Crippen molar-refractivity contribution in [1.82, 2.24) is 5.32 Å². The number of methoxy groups -OCH3 is 2. The van der Waals surface area contributed by atoms with Crippen LogP contribution < -0.4 is 24.8 Å². The van der Waals surface area contributed by atoms with Gasteiger partial charge in [-0.25, -0.2) is 0 Å². The Morgan fingerprint density at radius 2 is 1.83 bits per heavy atom. The molecular weight excluding hydrogens is 382 g/mol. The fourth-order valence-corrected chi connectivity index (χ4v) is 2.85. The third-order valence-electron chi connectivity index (χ3n) is 4.42. The van der Waals surface area contributed by atoms with Crippen LogP contribution in [0.3, 0.4) is 0 Å². The molecule has 0 fully saturated rings. The minimum Gasteiger partial charge on any atom is -0.494 e. The average Bonchev–Trinajstić information content (AvgIpc) is 2.75. The van der Waals surface area contributed by atoms with Crippen LogP contribution in [-0.2, 0) is 4.79 Å². The molecule has 2 aromatic carbocycles. The SMILES string of the molecule is CCOc1ccc(C)cc1C(C)N/C=C(/C#N)C(=O)Nc1ccc(OC)c(OC)c1. The molecule has 0 radical (unpaired) electrons. The van der Waals surface area contributed by atoms with Crippen LogP contribution in [0.15, 0.2) is 48.2 Å². The number of carbonyl (C=O) groups is 1. The number of aryl methyl sites for hydroxylation is 1. The number of benzene rings is 2. The van der Waals surface area contributed by atoms with Crippen LogP contribution in [0, 0.1) is 18.3 Å². The highest BCUT2D eigenvalue weighted by molar-refractivity contribution is 6.06. The van der Waals surface area contributed by atoms with Gasteiger partial charge < -0.3 is 24.8 Å². The summed E-state index contributed by atoms with van der Waals surface area (Å²) in [5, 5.41) is 15.2. The molecule has 0 aliphatic rings. The molecule has 1 unspecified atom stereocenters. The van der Waals surface area contributed by atoms with Gasteiger partial charge in [-0.2, -0.15) is 5.26 Å². The number of nitrogens with zero attached hydrogens (tertiary/aromatic N) is 1. The van der Waals surface area contributed by atoms with E-state index in [1.54, 1.807) is 18.2 Å². The molecule has 0 bridgehead atoms. The molecule has 158 valence electrons. The molecule has 0 aromatic heterocycles. The Labute approximate surface area is 177 Å². The maximum atomic E-state index is 12.5. The normalized spacial score (nSPS) is 11.8. The summed E-state index contributed by atoms with van der Waals surface area (Å²) in [6.07, 6.45) is 1.42. The van der Waals surface area contributed by atoms with Crippen LogP contribution in [0.25, 0.3) is 0 Å². The van der Waals surface area contributed by atoms with E-state index in [4.69, 9.17) is 14.2 Å². The molecule has 1 atom stereocenters. The Hall–Kier alpha value is -3.66. The zero-order valence-corrected chi connectivity index (χ0v) is 17.9. The molecule has 2 aromatic rings. The third-order valence-corrected chi connectivity index (χ3v) is 4.42. The summed E-state index contributed by atoms with van der Waals surface area (Å²) in [5.41, 5.74) is 2.48. The summed E-state index contributed by atoms with van der Waals surface area (Å²) in [4.78, 5) is 12.5. The number of nitrogens with one attached hydrogen (secondary N) is 2. The first kappa shape index (κ1) is 22.6. The van der Waals surface area contributed by atoms with Crippen molar-refractivity contribution < 1.29 is 19.0 Å². The maximum Gasteiger partial charge on any atom is 0.267 e. The van der Waals surface area contributed by atoms with Gasteiger partial charge >= 0.3 is 0 Å². The van der Waals surface area contributed by atoms with Gasteiger partial charge in [0.1, 0.15) is 17.4 Å². The van der Waals surface area contributed by atoms with Crippen molar-refractivity contribution in [2.75, 3.05) is 26.1 Å². The van der Waals surface area contributed by atoms with E-state index in [0.717, 1.165) is 16.9 Å². The van der Waals surface area contributed by atoms with Crippen LogP contribution in [0.4, 0.5) is 5.69 Å². The second-order valence-electron chi connectivity index (χ2n) is 6.56. The molecule has 0 heterocycles. The number of carbonyl (C=O) groups excluding carboxylic acids is 1. The van der Waals surface area contributed by atoms with Crippen LogP contribution in [0.5, 0.6) is 17.2 Å². The predicted octanol–water partition coefficient (Wildman–Crippen LogP) is 4.11. The highest BCUT2D eigenvalue weighted by atomic mass is 16.5. The molecule has 0 aliphatic carbocycles. The van der Waals surface area contributed by atoms with Crippen LogP contribution in [0.1, 0.15) is 31.0 Å². The highest BCUT2D eigenvalue weighted by Gasteiger charge is 2.14. The summed E-state index contributed by atoms with van der Waals surface area (Å²) < 4.78 is 16.1. The minimum absolute atomic E-state index is 0.0535. The van der Waals surface area contributed by atoms with Crippen molar-refractivity contribution >= 4 is 11.6 Å². The van der Waals surface area contributed by atoms with E-state index < -0.39 is 5.91 Å². The van der Waals surface area contributed by atoms with Gasteiger partial charge in [-0.1, -0.05) is 17.7 Å². The summed E-state index contributed by atoms with van der Waals surface area (Å²) in [6, 6.07) is 12.7.